The van der Waals surface area contributed by atoms with Crippen LogP contribution in [0, 0.1) is 13.8 Å². The molecule has 0 unspecified atom stereocenters. The van der Waals surface area contributed by atoms with Crippen molar-refractivity contribution in [2.45, 2.75) is 13.8 Å². The molecule has 0 aliphatic heterocycles. The van der Waals surface area contributed by atoms with Gasteiger partial charge in [-0.05, 0) is 41.9 Å². The van der Waals surface area contributed by atoms with Crippen LogP contribution in [0.3, 0.4) is 0 Å². The first-order valence-corrected chi connectivity index (χ1v) is 6.43. The lowest BCUT2D eigenvalue weighted by atomic mass is 10.2. The predicted molar refractivity (Wildman–Crippen MR) is 75.2 cm³/mol. The van der Waals surface area contributed by atoms with Crippen LogP contribution in [-0.4, -0.2) is 9.78 Å². The lowest BCUT2D eigenvalue weighted by Gasteiger charge is -2.09. The van der Waals surface area contributed by atoms with E-state index in [1.54, 1.807) is 16.8 Å². The average molecular weight is 335 g/mol. The van der Waals surface area contributed by atoms with E-state index >= 15 is 0 Å². The molecule has 0 aliphatic rings. The molecule has 2 N–H and O–H groups in total. The van der Waals surface area contributed by atoms with E-state index in [-0.39, 0.29) is 0 Å². The average Bonchev–Trinajstić information content (AvgIpc) is 2.51. The zero-order chi connectivity index (χ0) is 12.7. The molecular weight excluding hydrogens is 325 g/mol. The van der Waals surface area contributed by atoms with Gasteiger partial charge >= 0.3 is 0 Å². The molecule has 0 bridgehead atoms. The van der Waals surface area contributed by atoms with Gasteiger partial charge in [0.25, 0.3) is 0 Å². The van der Waals surface area contributed by atoms with E-state index in [1.807, 2.05) is 13.8 Å². The summed E-state index contributed by atoms with van der Waals surface area (Å²) in [7, 11) is 0. The lowest BCUT2D eigenvalue weighted by molar-refractivity contribution is 0.835. The van der Waals surface area contributed by atoms with E-state index in [0.29, 0.717) is 15.7 Å². The number of aryl methyl sites for hydroxylation is 1. The molecule has 6 heteroatoms. The van der Waals surface area contributed by atoms with Crippen LogP contribution in [0.2, 0.25) is 10.0 Å². The molecule has 2 rings (SSSR count). The van der Waals surface area contributed by atoms with Crippen molar-refractivity contribution in [2.24, 2.45) is 0 Å². The van der Waals surface area contributed by atoms with E-state index in [0.717, 1.165) is 21.5 Å². The van der Waals surface area contributed by atoms with Gasteiger partial charge in [-0.2, -0.15) is 5.10 Å². The standard InChI is InChI=1S/C11H10BrCl2N3/c1-5-11(12)6(2)17(16-5)10-4-8(14)7(13)3-9(10)15/h3-4H,15H2,1-2H3. The van der Waals surface area contributed by atoms with E-state index in [9.17, 15) is 0 Å². The minimum Gasteiger partial charge on any atom is -0.397 e. The van der Waals surface area contributed by atoms with Crippen LogP contribution in [0.1, 0.15) is 11.4 Å². The first-order valence-electron chi connectivity index (χ1n) is 4.88. The topological polar surface area (TPSA) is 43.8 Å². The largest absolute Gasteiger partial charge is 0.397 e. The molecular formula is C11H10BrCl2N3. The fourth-order valence-electron chi connectivity index (χ4n) is 1.59. The number of nitrogens with zero attached hydrogens (tertiary/aromatic N) is 2. The summed E-state index contributed by atoms with van der Waals surface area (Å²) in [6.07, 6.45) is 0. The van der Waals surface area contributed by atoms with Crippen molar-refractivity contribution < 1.29 is 0 Å². The summed E-state index contributed by atoms with van der Waals surface area (Å²) in [6, 6.07) is 3.34. The fraction of sp³-hybridized carbons (Fsp3) is 0.182. The highest BCUT2D eigenvalue weighted by molar-refractivity contribution is 9.10. The minimum atomic E-state index is 0.438. The van der Waals surface area contributed by atoms with Crippen molar-refractivity contribution in [3.05, 3.63) is 38.0 Å². The van der Waals surface area contributed by atoms with Gasteiger partial charge in [0, 0.05) is 0 Å². The van der Waals surface area contributed by atoms with Gasteiger partial charge in [-0.3, -0.25) is 0 Å². The number of anilines is 1. The number of halogens is 3. The Bertz CT molecular complexity index is 593. The molecule has 0 amide bonds. The van der Waals surface area contributed by atoms with Crippen molar-refractivity contribution >= 4 is 44.8 Å². The maximum Gasteiger partial charge on any atom is 0.0894 e. The monoisotopic (exact) mass is 333 g/mol. The SMILES string of the molecule is Cc1nn(-c2cc(Cl)c(Cl)cc2N)c(C)c1Br. The van der Waals surface area contributed by atoms with Crippen molar-refractivity contribution in [3.63, 3.8) is 0 Å². The van der Waals surface area contributed by atoms with Gasteiger partial charge in [0.1, 0.15) is 0 Å². The lowest BCUT2D eigenvalue weighted by Crippen LogP contribution is -2.03. The zero-order valence-corrected chi connectivity index (χ0v) is 12.4. The molecule has 0 atom stereocenters. The summed E-state index contributed by atoms with van der Waals surface area (Å²) >= 11 is 15.4. The van der Waals surface area contributed by atoms with Gasteiger partial charge in [-0.15, -0.1) is 0 Å². The van der Waals surface area contributed by atoms with Gasteiger partial charge < -0.3 is 5.73 Å². The number of hydrogen-bond acceptors (Lipinski definition) is 2. The quantitative estimate of drug-likeness (QED) is 0.796. The van der Waals surface area contributed by atoms with Crippen molar-refractivity contribution in [2.75, 3.05) is 5.73 Å². The summed E-state index contributed by atoms with van der Waals surface area (Å²) in [6.45, 7) is 3.87. The van der Waals surface area contributed by atoms with Crippen LogP contribution in [0.15, 0.2) is 16.6 Å². The fourth-order valence-corrected chi connectivity index (χ4v) is 2.17. The summed E-state index contributed by atoms with van der Waals surface area (Å²) in [4.78, 5) is 0. The third-order valence-electron chi connectivity index (χ3n) is 2.50. The Morgan fingerprint density at radius 3 is 2.35 bits per heavy atom. The zero-order valence-electron chi connectivity index (χ0n) is 9.26. The molecule has 0 spiro atoms. The molecule has 90 valence electrons. The van der Waals surface area contributed by atoms with Gasteiger partial charge in [0.2, 0.25) is 0 Å². The summed E-state index contributed by atoms with van der Waals surface area (Å²) in [5, 5.41) is 5.30. The smallest absolute Gasteiger partial charge is 0.0894 e. The molecule has 0 radical (unpaired) electrons. The third-order valence-corrected chi connectivity index (χ3v) is 4.37. The summed E-state index contributed by atoms with van der Waals surface area (Å²) in [5.74, 6) is 0. The van der Waals surface area contributed by atoms with Gasteiger partial charge in [-0.25, -0.2) is 4.68 Å². The molecule has 0 fully saturated rings. The molecule has 2 aromatic rings. The Balaban J connectivity index is 2.68. The Morgan fingerprint density at radius 1 is 1.24 bits per heavy atom. The maximum atomic E-state index is 5.99. The van der Waals surface area contributed by atoms with Crippen molar-refractivity contribution in [3.8, 4) is 5.69 Å². The second kappa shape index (κ2) is 4.52. The van der Waals surface area contributed by atoms with E-state index in [4.69, 9.17) is 28.9 Å². The second-order valence-electron chi connectivity index (χ2n) is 3.72. The molecule has 0 aliphatic carbocycles. The van der Waals surface area contributed by atoms with Crippen molar-refractivity contribution in [1.82, 2.24) is 9.78 Å². The van der Waals surface area contributed by atoms with E-state index in [2.05, 4.69) is 21.0 Å². The van der Waals surface area contributed by atoms with Crippen LogP contribution >= 0.6 is 39.1 Å². The normalized spacial score (nSPS) is 10.9. The Kier molecular flexibility index (Phi) is 3.39. The van der Waals surface area contributed by atoms with Gasteiger partial charge in [0.05, 0.1) is 37.3 Å². The highest BCUT2D eigenvalue weighted by atomic mass is 79.9. The Hall–Kier alpha value is -0.710. The third kappa shape index (κ3) is 2.17. The van der Waals surface area contributed by atoms with Crippen LogP contribution in [-0.2, 0) is 0 Å². The number of nitrogen functional groups attached to an aromatic ring is 1. The first-order chi connectivity index (χ1) is 7.91. The molecule has 1 heterocycles. The minimum absolute atomic E-state index is 0.438. The van der Waals surface area contributed by atoms with E-state index in [1.165, 1.54) is 0 Å². The second-order valence-corrected chi connectivity index (χ2v) is 5.33. The molecule has 1 aromatic heterocycles. The van der Waals surface area contributed by atoms with Crippen molar-refractivity contribution in [1.29, 1.82) is 0 Å². The van der Waals surface area contributed by atoms with Crippen LogP contribution in [0.5, 0.6) is 0 Å². The Morgan fingerprint density at radius 2 is 1.82 bits per heavy atom. The highest BCUT2D eigenvalue weighted by Crippen LogP contribution is 2.31. The molecule has 3 nitrogen and oxygen atoms in total. The predicted octanol–water partition coefficient (Wildman–Crippen LogP) is 4.14. The number of hydrogen-bond donors (Lipinski definition) is 1. The number of nitrogens with two attached hydrogens (primary N) is 1. The highest BCUT2D eigenvalue weighted by Gasteiger charge is 2.14. The maximum absolute atomic E-state index is 5.99. The van der Waals surface area contributed by atoms with Crippen LogP contribution in [0.4, 0.5) is 5.69 Å². The molecule has 0 saturated carbocycles. The molecule has 1 aromatic carbocycles. The van der Waals surface area contributed by atoms with E-state index < -0.39 is 0 Å². The number of aromatic nitrogens is 2. The van der Waals surface area contributed by atoms with Crippen LogP contribution in [0.25, 0.3) is 5.69 Å². The molecule has 0 saturated heterocycles. The summed E-state index contributed by atoms with van der Waals surface area (Å²) < 4.78 is 2.71. The molecule has 17 heavy (non-hydrogen) atoms. The first kappa shape index (κ1) is 12.7. The van der Waals surface area contributed by atoms with Gasteiger partial charge in [-0.1, -0.05) is 23.2 Å². The summed E-state index contributed by atoms with van der Waals surface area (Å²) in [5.41, 5.74) is 9.06. The van der Waals surface area contributed by atoms with Crippen LogP contribution < -0.4 is 5.73 Å². The Labute approximate surface area is 118 Å². The number of rotatable bonds is 1. The number of benzene rings is 1. The van der Waals surface area contributed by atoms with Gasteiger partial charge in [0.15, 0.2) is 0 Å².